The van der Waals surface area contributed by atoms with Crippen molar-refractivity contribution in [1.29, 1.82) is 0 Å². The number of benzene rings is 1. The van der Waals surface area contributed by atoms with Crippen molar-refractivity contribution >= 4 is 29.0 Å². The van der Waals surface area contributed by atoms with E-state index in [1.54, 1.807) is 23.1 Å². The Bertz CT molecular complexity index is 881. The van der Waals surface area contributed by atoms with Crippen LogP contribution in [0.25, 0.3) is 0 Å². The molecule has 0 radical (unpaired) electrons. The second kappa shape index (κ2) is 8.51. The standard InChI is InChI=1S/C20H24ClFN6O/c1-25-4-6-27(7-5-25)19-13-18(23-14-24-19)20(29)28-10-8-26(9-11-28)15-2-3-17(22)16(21)12-15/h2-3,12-14H,4-11H2,1H3. The number of likely N-dealkylation sites (N-methyl/N-ethyl adjacent to an activating group) is 1. The van der Waals surface area contributed by atoms with E-state index in [0.29, 0.717) is 31.9 Å². The summed E-state index contributed by atoms with van der Waals surface area (Å²) in [6, 6.07) is 6.50. The normalized spacial score (nSPS) is 18.2. The molecule has 1 aromatic carbocycles. The molecule has 7 nitrogen and oxygen atoms in total. The number of aromatic nitrogens is 2. The highest BCUT2D eigenvalue weighted by atomic mass is 35.5. The molecule has 0 unspecified atom stereocenters. The van der Waals surface area contributed by atoms with Crippen molar-refractivity contribution in [3.8, 4) is 0 Å². The van der Waals surface area contributed by atoms with E-state index in [2.05, 4.69) is 31.7 Å². The maximum atomic E-state index is 13.4. The lowest BCUT2D eigenvalue weighted by atomic mass is 10.2. The van der Waals surface area contributed by atoms with Gasteiger partial charge in [0.25, 0.3) is 5.91 Å². The predicted molar refractivity (Wildman–Crippen MR) is 111 cm³/mol. The van der Waals surface area contributed by atoms with E-state index in [0.717, 1.165) is 37.7 Å². The fraction of sp³-hybridized carbons (Fsp3) is 0.450. The highest BCUT2D eigenvalue weighted by Crippen LogP contribution is 2.24. The van der Waals surface area contributed by atoms with Crippen LogP contribution in [0.4, 0.5) is 15.9 Å². The number of carbonyl (C=O) groups excluding carboxylic acids is 1. The van der Waals surface area contributed by atoms with E-state index in [-0.39, 0.29) is 10.9 Å². The summed E-state index contributed by atoms with van der Waals surface area (Å²) in [4.78, 5) is 29.9. The maximum absolute atomic E-state index is 13.4. The third kappa shape index (κ3) is 4.43. The quantitative estimate of drug-likeness (QED) is 0.759. The molecular formula is C20H24ClFN6O. The first-order valence-corrected chi connectivity index (χ1v) is 10.1. The van der Waals surface area contributed by atoms with Crippen molar-refractivity contribution < 1.29 is 9.18 Å². The number of amides is 1. The molecule has 0 spiro atoms. The van der Waals surface area contributed by atoms with E-state index in [4.69, 9.17) is 11.6 Å². The molecule has 0 saturated carbocycles. The van der Waals surface area contributed by atoms with Crippen LogP contribution in [0.3, 0.4) is 0 Å². The van der Waals surface area contributed by atoms with Crippen molar-refractivity contribution in [2.24, 2.45) is 0 Å². The van der Waals surface area contributed by atoms with Gasteiger partial charge in [-0.25, -0.2) is 14.4 Å². The van der Waals surface area contributed by atoms with E-state index in [9.17, 15) is 9.18 Å². The van der Waals surface area contributed by atoms with Crippen LogP contribution in [-0.4, -0.2) is 85.1 Å². The van der Waals surface area contributed by atoms with E-state index in [1.807, 2.05) is 0 Å². The van der Waals surface area contributed by atoms with Gasteiger partial charge >= 0.3 is 0 Å². The van der Waals surface area contributed by atoms with Crippen molar-refractivity contribution in [3.05, 3.63) is 47.1 Å². The number of hydrogen-bond donors (Lipinski definition) is 0. The highest BCUT2D eigenvalue weighted by molar-refractivity contribution is 6.31. The number of halogens is 2. The molecule has 2 aliphatic heterocycles. The topological polar surface area (TPSA) is 55.8 Å². The third-order valence-corrected chi connectivity index (χ3v) is 5.82. The Labute approximate surface area is 174 Å². The van der Waals surface area contributed by atoms with Gasteiger partial charge in [0.1, 0.15) is 23.7 Å². The summed E-state index contributed by atoms with van der Waals surface area (Å²) in [5.41, 5.74) is 1.29. The molecular weight excluding hydrogens is 395 g/mol. The Balaban J connectivity index is 1.39. The average Bonchev–Trinajstić information content (AvgIpc) is 2.76. The first-order chi connectivity index (χ1) is 14.0. The van der Waals surface area contributed by atoms with Crippen LogP contribution in [-0.2, 0) is 0 Å². The molecule has 1 amide bonds. The van der Waals surface area contributed by atoms with E-state index < -0.39 is 5.82 Å². The van der Waals surface area contributed by atoms with Crippen molar-refractivity contribution in [1.82, 2.24) is 19.8 Å². The van der Waals surface area contributed by atoms with Crippen LogP contribution in [0.2, 0.25) is 5.02 Å². The summed E-state index contributed by atoms with van der Waals surface area (Å²) in [5, 5.41) is 0.110. The molecule has 29 heavy (non-hydrogen) atoms. The second-order valence-corrected chi connectivity index (χ2v) is 7.84. The maximum Gasteiger partial charge on any atom is 0.272 e. The summed E-state index contributed by atoms with van der Waals surface area (Å²) >= 11 is 5.89. The lowest BCUT2D eigenvalue weighted by Gasteiger charge is -2.36. The zero-order valence-electron chi connectivity index (χ0n) is 16.4. The minimum atomic E-state index is -0.427. The number of rotatable bonds is 3. The Morgan fingerprint density at radius 3 is 2.34 bits per heavy atom. The number of piperazine rings is 2. The number of hydrogen-bond acceptors (Lipinski definition) is 6. The third-order valence-electron chi connectivity index (χ3n) is 5.53. The van der Waals surface area contributed by atoms with Gasteiger partial charge in [-0.1, -0.05) is 11.6 Å². The van der Waals surface area contributed by atoms with E-state index >= 15 is 0 Å². The van der Waals surface area contributed by atoms with Gasteiger partial charge in [0.05, 0.1) is 5.02 Å². The Morgan fingerprint density at radius 2 is 1.66 bits per heavy atom. The smallest absolute Gasteiger partial charge is 0.272 e. The minimum absolute atomic E-state index is 0.0837. The molecule has 2 aromatic rings. The molecule has 2 aliphatic rings. The SMILES string of the molecule is CN1CCN(c2cc(C(=O)N3CCN(c4ccc(F)c(Cl)c4)CC3)ncn2)CC1. The van der Waals surface area contributed by atoms with Gasteiger partial charge in [-0.3, -0.25) is 4.79 Å². The van der Waals surface area contributed by atoms with Gasteiger partial charge in [-0.05, 0) is 25.2 Å². The van der Waals surface area contributed by atoms with Crippen molar-refractivity contribution in [2.75, 3.05) is 69.2 Å². The van der Waals surface area contributed by atoms with Gasteiger partial charge in [-0.15, -0.1) is 0 Å². The predicted octanol–water partition coefficient (Wildman–Crippen LogP) is 1.98. The molecule has 1 aromatic heterocycles. The van der Waals surface area contributed by atoms with E-state index in [1.165, 1.54) is 12.4 Å². The van der Waals surface area contributed by atoms with Crippen LogP contribution < -0.4 is 9.80 Å². The molecule has 9 heteroatoms. The fourth-order valence-electron chi connectivity index (χ4n) is 3.68. The van der Waals surface area contributed by atoms with Crippen LogP contribution >= 0.6 is 11.6 Å². The first-order valence-electron chi connectivity index (χ1n) is 9.76. The molecule has 0 bridgehead atoms. The number of nitrogens with zero attached hydrogens (tertiary/aromatic N) is 6. The lowest BCUT2D eigenvalue weighted by molar-refractivity contribution is 0.0740. The second-order valence-electron chi connectivity index (χ2n) is 7.43. The average molecular weight is 419 g/mol. The van der Waals surface area contributed by atoms with Gasteiger partial charge in [0, 0.05) is 64.1 Å². The summed E-state index contributed by atoms with van der Waals surface area (Å²) in [6.07, 6.45) is 1.47. The number of carbonyl (C=O) groups is 1. The minimum Gasteiger partial charge on any atom is -0.368 e. The summed E-state index contributed by atoms with van der Waals surface area (Å²) in [6.45, 7) is 6.18. The molecule has 0 N–H and O–H groups in total. The molecule has 154 valence electrons. The summed E-state index contributed by atoms with van der Waals surface area (Å²) < 4.78 is 13.4. The first kappa shape index (κ1) is 19.8. The molecule has 2 fully saturated rings. The highest BCUT2D eigenvalue weighted by Gasteiger charge is 2.25. The van der Waals surface area contributed by atoms with Crippen molar-refractivity contribution in [2.45, 2.75) is 0 Å². The molecule has 4 rings (SSSR count). The largest absolute Gasteiger partial charge is 0.368 e. The van der Waals surface area contributed by atoms with Crippen LogP contribution in [0.15, 0.2) is 30.6 Å². The zero-order valence-corrected chi connectivity index (χ0v) is 17.1. The Morgan fingerprint density at radius 1 is 0.966 bits per heavy atom. The summed E-state index contributed by atoms with van der Waals surface area (Å²) in [5.74, 6) is 0.291. The van der Waals surface area contributed by atoms with Crippen LogP contribution in [0.5, 0.6) is 0 Å². The van der Waals surface area contributed by atoms with Gasteiger partial charge in [0.2, 0.25) is 0 Å². The van der Waals surface area contributed by atoms with Gasteiger partial charge in [0.15, 0.2) is 0 Å². The van der Waals surface area contributed by atoms with Gasteiger partial charge < -0.3 is 19.6 Å². The van der Waals surface area contributed by atoms with Gasteiger partial charge in [-0.2, -0.15) is 0 Å². The van der Waals surface area contributed by atoms with Crippen LogP contribution in [0.1, 0.15) is 10.5 Å². The van der Waals surface area contributed by atoms with Crippen LogP contribution in [0, 0.1) is 5.82 Å². The zero-order chi connectivity index (χ0) is 20.4. The number of anilines is 2. The Kier molecular flexibility index (Phi) is 5.82. The molecule has 0 aliphatic carbocycles. The molecule has 2 saturated heterocycles. The fourth-order valence-corrected chi connectivity index (χ4v) is 3.86. The molecule has 0 atom stereocenters. The summed E-state index contributed by atoms with van der Waals surface area (Å²) in [7, 11) is 2.10. The lowest BCUT2D eigenvalue weighted by Crippen LogP contribution is -2.49. The monoisotopic (exact) mass is 418 g/mol. The molecule has 3 heterocycles. The van der Waals surface area contributed by atoms with Crippen molar-refractivity contribution in [3.63, 3.8) is 0 Å². The Hall–Kier alpha value is -2.45.